The van der Waals surface area contributed by atoms with Crippen LogP contribution in [0.15, 0.2) is 30.3 Å². The SMILES string of the molecule is CC(COCc1ccccc1)NO. The summed E-state index contributed by atoms with van der Waals surface area (Å²) in [7, 11) is 0. The van der Waals surface area contributed by atoms with Gasteiger partial charge in [0, 0.05) is 0 Å². The van der Waals surface area contributed by atoms with Gasteiger partial charge in [-0.15, -0.1) is 0 Å². The average Bonchev–Trinajstić information content (AvgIpc) is 2.19. The lowest BCUT2D eigenvalue weighted by Gasteiger charge is -2.09. The predicted molar refractivity (Wildman–Crippen MR) is 50.5 cm³/mol. The van der Waals surface area contributed by atoms with E-state index in [1.807, 2.05) is 37.3 Å². The fraction of sp³-hybridized carbons (Fsp3) is 0.400. The molecule has 0 radical (unpaired) electrons. The first-order chi connectivity index (χ1) is 6.33. The van der Waals surface area contributed by atoms with Crippen LogP contribution in [0.3, 0.4) is 0 Å². The second kappa shape index (κ2) is 5.70. The van der Waals surface area contributed by atoms with Crippen molar-refractivity contribution in [1.82, 2.24) is 5.48 Å². The number of ether oxygens (including phenoxy) is 1. The van der Waals surface area contributed by atoms with Gasteiger partial charge in [-0.25, -0.2) is 5.48 Å². The maximum Gasteiger partial charge on any atom is 0.0717 e. The second-order valence-electron chi connectivity index (χ2n) is 3.03. The van der Waals surface area contributed by atoms with Gasteiger partial charge in [0.1, 0.15) is 0 Å². The van der Waals surface area contributed by atoms with Gasteiger partial charge in [0.2, 0.25) is 0 Å². The first-order valence-electron chi connectivity index (χ1n) is 4.34. The third kappa shape index (κ3) is 4.03. The Morgan fingerprint density at radius 1 is 1.38 bits per heavy atom. The monoisotopic (exact) mass is 181 g/mol. The molecule has 1 aromatic carbocycles. The molecule has 0 saturated heterocycles. The largest absolute Gasteiger partial charge is 0.375 e. The van der Waals surface area contributed by atoms with Crippen LogP contribution in [0.2, 0.25) is 0 Å². The summed E-state index contributed by atoms with van der Waals surface area (Å²) in [6, 6.07) is 9.93. The zero-order chi connectivity index (χ0) is 9.52. The van der Waals surface area contributed by atoms with Gasteiger partial charge in [0.05, 0.1) is 19.3 Å². The first-order valence-corrected chi connectivity index (χ1v) is 4.34. The minimum absolute atomic E-state index is 0.0243. The van der Waals surface area contributed by atoms with Gasteiger partial charge in [-0.1, -0.05) is 30.3 Å². The van der Waals surface area contributed by atoms with E-state index >= 15 is 0 Å². The van der Waals surface area contributed by atoms with E-state index in [0.717, 1.165) is 5.56 Å². The van der Waals surface area contributed by atoms with E-state index in [1.165, 1.54) is 0 Å². The molecular formula is C10H15NO2. The lowest BCUT2D eigenvalue weighted by molar-refractivity contribution is 0.0490. The molecule has 0 aromatic heterocycles. The Labute approximate surface area is 78.3 Å². The Kier molecular flexibility index (Phi) is 4.46. The highest BCUT2D eigenvalue weighted by Gasteiger charge is 1.98. The molecule has 13 heavy (non-hydrogen) atoms. The summed E-state index contributed by atoms with van der Waals surface area (Å²) in [5.74, 6) is 0. The van der Waals surface area contributed by atoms with Crippen molar-refractivity contribution >= 4 is 0 Å². The molecule has 3 heteroatoms. The van der Waals surface area contributed by atoms with Crippen LogP contribution in [-0.2, 0) is 11.3 Å². The van der Waals surface area contributed by atoms with Gasteiger partial charge in [-0.3, -0.25) is 0 Å². The molecule has 0 amide bonds. The number of hydrogen-bond acceptors (Lipinski definition) is 3. The average molecular weight is 181 g/mol. The van der Waals surface area contributed by atoms with Crippen LogP contribution in [0, 0.1) is 0 Å². The minimum atomic E-state index is -0.0243. The first kappa shape index (κ1) is 10.2. The van der Waals surface area contributed by atoms with Crippen molar-refractivity contribution < 1.29 is 9.94 Å². The summed E-state index contributed by atoms with van der Waals surface area (Å²) < 4.78 is 5.35. The molecule has 0 spiro atoms. The predicted octanol–water partition coefficient (Wildman–Crippen LogP) is 1.57. The van der Waals surface area contributed by atoms with Crippen LogP contribution >= 0.6 is 0 Å². The van der Waals surface area contributed by atoms with Gasteiger partial charge in [-0.2, -0.15) is 0 Å². The molecular weight excluding hydrogens is 166 g/mol. The van der Waals surface area contributed by atoms with E-state index in [2.05, 4.69) is 5.48 Å². The number of hydrogen-bond donors (Lipinski definition) is 2. The lowest BCUT2D eigenvalue weighted by Crippen LogP contribution is -2.27. The summed E-state index contributed by atoms with van der Waals surface area (Å²) in [6.07, 6.45) is 0. The molecule has 0 fully saturated rings. The Morgan fingerprint density at radius 2 is 2.08 bits per heavy atom. The van der Waals surface area contributed by atoms with E-state index in [9.17, 15) is 0 Å². The van der Waals surface area contributed by atoms with Crippen LogP contribution in [-0.4, -0.2) is 17.9 Å². The molecule has 1 unspecified atom stereocenters. The number of nitrogens with one attached hydrogen (secondary N) is 1. The fourth-order valence-corrected chi connectivity index (χ4v) is 0.965. The smallest absolute Gasteiger partial charge is 0.0717 e. The zero-order valence-electron chi connectivity index (χ0n) is 7.73. The van der Waals surface area contributed by atoms with Crippen molar-refractivity contribution in [1.29, 1.82) is 0 Å². The molecule has 2 N–H and O–H groups in total. The molecule has 0 aliphatic carbocycles. The van der Waals surface area contributed by atoms with Crippen LogP contribution < -0.4 is 5.48 Å². The molecule has 3 nitrogen and oxygen atoms in total. The van der Waals surface area contributed by atoms with E-state index < -0.39 is 0 Å². The van der Waals surface area contributed by atoms with Gasteiger partial charge in [0.25, 0.3) is 0 Å². The summed E-state index contributed by atoms with van der Waals surface area (Å²) >= 11 is 0. The molecule has 1 aromatic rings. The minimum Gasteiger partial charge on any atom is -0.375 e. The lowest BCUT2D eigenvalue weighted by atomic mass is 10.2. The van der Waals surface area contributed by atoms with Crippen LogP contribution in [0.4, 0.5) is 0 Å². The molecule has 72 valence electrons. The third-order valence-corrected chi connectivity index (χ3v) is 1.70. The maximum atomic E-state index is 8.50. The highest BCUT2D eigenvalue weighted by Crippen LogP contribution is 2.00. The van der Waals surface area contributed by atoms with Gasteiger partial charge in [0.15, 0.2) is 0 Å². The Hall–Kier alpha value is -0.900. The van der Waals surface area contributed by atoms with Crippen molar-refractivity contribution in [3.63, 3.8) is 0 Å². The molecule has 1 rings (SSSR count). The van der Waals surface area contributed by atoms with Crippen LogP contribution in [0.25, 0.3) is 0 Å². The van der Waals surface area contributed by atoms with Crippen molar-refractivity contribution in [3.8, 4) is 0 Å². The zero-order valence-corrected chi connectivity index (χ0v) is 7.73. The normalized spacial score (nSPS) is 12.8. The van der Waals surface area contributed by atoms with E-state index in [-0.39, 0.29) is 6.04 Å². The molecule has 0 aliphatic heterocycles. The topological polar surface area (TPSA) is 41.5 Å². The van der Waals surface area contributed by atoms with Gasteiger partial charge >= 0.3 is 0 Å². The van der Waals surface area contributed by atoms with Gasteiger partial charge < -0.3 is 9.94 Å². The molecule has 0 heterocycles. The Bertz CT molecular complexity index is 226. The standard InChI is InChI=1S/C10H15NO2/c1-9(11-12)7-13-8-10-5-3-2-4-6-10/h2-6,9,11-12H,7-8H2,1H3. The third-order valence-electron chi connectivity index (χ3n) is 1.70. The summed E-state index contributed by atoms with van der Waals surface area (Å²) in [6.45, 7) is 2.95. The van der Waals surface area contributed by atoms with Crippen molar-refractivity contribution in [2.75, 3.05) is 6.61 Å². The number of rotatable bonds is 5. The molecule has 0 aliphatic rings. The summed E-state index contributed by atoms with van der Waals surface area (Å²) in [4.78, 5) is 0. The molecule has 0 saturated carbocycles. The van der Waals surface area contributed by atoms with Crippen molar-refractivity contribution in [3.05, 3.63) is 35.9 Å². The van der Waals surface area contributed by atoms with Crippen LogP contribution in [0.5, 0.6) is 0 Å². The maximum absolute atomic E-state index is 8.50. The van der Waals surface area contributed by atoms with E-state index in [1.54, 1.807) is 0 Å². The van der Waals surface area contributed by atoms with E-state index in [4.69, 9.17) is 9.94 Å². The highest BCUT2D eigenvalue weighted by atomic mass is 16.5. The second-order valence-corrected chi connectivity index (χ2v) is 3.03. The molecule has 0 bridgehead atoms. The van der Waals surface area contributed by atoms with E-state index in [0.29, 0.717) is 13.2 Å². The quantitative estimate of drug-likeness (QED) is 0.677. The Balaban J connectivity index is 2.20. The summed E-state index contributed by atoms with van der Waals surface area (Å²) in [5, 5.41) is 8.50. The molecule has 1 atom stereocenters. The number of benzene rings is 1. The van der Waals surface area contributed by atoms with Crippen LogP contribution in [0.1, 0.15) is 12.5 Å². The van der Waals surface area contributed by atoms with Crippen molar-refractivity contribution in [2.45, 2.75) is 19.6 Å². The fourth-order valence-electron chi connectivity index (χ4n) is 0.965. The summed E-state index contributed by atoms with van der Waals surface area (Å²) in [5.41, 5.74) is 3.27. The highest BCUT2D eigenvalue weighted by molar-refractivity contribution is 5.13. The van der Waals surface area contributed by atoms with Crippen molar-refractivity contribution in [2.24, 2.45) is 0 Å². The Morgan fingerprint density at radius 3 is 2.69 bits per heavy atom. The van der Waals surface area contributed by atoms with Gasteiger partial charge in [-0.05, 0) is 12.5 Å². The number of hydroxylamine groups is 1.